The molecule has 0 aliphatic carbocycles. The van der Waals surface area contributed by atoms with Crippen LogP contribution < -0.4 is 0 Å². The Labute approximate surface area is 123 Å². The van der Waals surface area contributed by atoms with Crippen LogP contribution in [0.4, 0.5) is 0 Å². The first-order chi connectivity index (χ1) is 9.60. The molecular formula is C20H26. The minimum absolute atomic E-state index is 1.14. The van der Waals surface area contributed by atoms with Crippen molar-refractivity contribution < 1.29 is 0 Å². The van der Waals surface area contributed by atoms with Crippen LogP contribution in [0.15, 0.2) is 36.4 Å². The van der Waals surface area contributed by atoms with E-state index in [-0.39, 0.29) is 0 Å². The Kier molecular flexibility index (Phi) is 5.00. The third kappa shape index (κ3) is 3.72. The molecule has 0 nitrogen and oxygen atoms in total. The number of aryl methyl sites for hydroxylation is 5. The van der Waals surface area contributed by atoms with Crippen LogP contribution in [0.25, 0.3) is 0 Å². The van der Waals surface area contributed by atoms with Gasteiger partial charge in [0.25, 0.3) is 0 Å². The minimum atomic E-state index is 1.14. The van der Waals surface area contributed by atoms with Crippen LogP contribution in [0.3, 0.4) is 0 Å². The number of benzene rings is 2. The third-order valence-electron chi connectivity index (χ3n) is 4.16. The van der Waals surface area contributed by atoms with Crippen molar-refractivity contribution in [3.63, 3.8) is 0 Å². The third-order valence-corrected chi connectivity index (χ3v) is 4.16. The molecule has 0 fully saturated rings. The monoisotopic (exact) mass is 266 g/mol. The number of rotatable bonds is 5. The van der Waals surface area contributed by atoms with Gasteiger partial charge in [0, 0.05) is 0 Å². The summed E-state index contributed by atoms with van der Waals surface area (Å²) in [6.07, 6.45) is 4.69. The molecule has 0 saturated carbocycles. The Morgan fingerprint density at radius 3 is 1.95 bits per heavy atom. The Hall–Kier alpha value is -1.56. The summed E-state index contributed by atoms with van der Waals surface area (Å²) in [4.78, 5) is 0. The second-order valence-corrected chi connectivity index (χ2v) is 5.93. The second-order valence-electron chi connectivity index (χ2n) is 5.93. The fourth-order valence-electron chi connectivity index (χ4n) is 2.83. The van der Waals surface area contributed by atoms with Crippen LogP contribution in [-0.4, -0.2) is 0 Å². The lowest BCUT2D eigenvalue weighted by atomic mass is 9.95. The highest BCUT2D eigenvalue weighted by atomic mass is 14.1. The Morgan fingerprint density at radius 1 is 0.750 bits per heavy atom. The lowest BCUT2D eigenvalue weighted by Crippen LogP contribution is -1.97. The molecule has 0 unspecified atom stereocenters. The van der Waals surface area contributed by atoms with Gasteiger partial charge in [-0.05, 0) is 67.9 Å². The van der Waals surface area contributed by atoms with Crippen molar-refractivity contribution >= 4 is 0 Å². The van der Waals surface area contributed by atoms with E-state index in [9.17, 15) is 0 Å². The van der Waals surface area contributed by atoms with Gasteiger partial charge >= 0.3 is 0 Å². The zero-order valence-corrected chi connectivity index (χ0v) is 13.3. The molecule has 2 aromatic rings. The van der Waals surface area contributed by atoms with Crippen molar-refractivity contribution in [1.29, 1.82) is 0 Å². The van der Waals surface area contributed by atoms with Crippen LogP contribution >= 0.6 is 0 Å². The predicted octanol–water partition coefficient (Wildman–Crippen LogP) is 5.35. The maximum absolute atomic E-state index is 2.34. The van der Waals surface area contributed by atoms with Crippen molar-refractivity contribution in [2.45, 2.75) is 53.4 Å². The summed E-state index contributed by atoms with van der Waals surface area (Å²) in [6, 6.07) is 13.8. The molecule has 0 heterocycles. The minimum Gasteiger partial charge on any atom is -0.0651 e. The van der Waals surface area contributed by atoms with Gasteiger partial charge in [0.2, 0.25) is 0 Å². The number of hydrogen-bond donors (Lipinski definition) is 0. The highest BCUT2D eigenvalue weighted by Gasteiger charge is 2.03. The van der Waals surface area contributed by atoms with Gasteiger partial charge in [-0.15, -0.1) is 0 Å². The van der Waals surface area contributed by atoms with E-state index in [1.807, 2.05) is 0 Å². The van der Waals surface area contributed by atoms with Crippen LogP contribution in [0, 0.1) is 20.8 Å². The normalized spacial score (nSPS) is 10.8. The maximum atomic E-state index is 2.34. The average molecular weight is 266 g/mol. The van der Waals surface area contributed by atoms with Gasteiger partial charge in [-0.1, -0.05) is 55.3 Å². The van der Waals surface area contributed by atoms with E-state index in [0.29, 0.717) is 0 Å². The fourth-order valence-corrected chi connectivity index (χ4v) is 2.83. The molecule has 0 heteroatoms. The van der Waals surface area contributed by atoms with Gasteiger partial charge in [-0.2, -0.15) is 0 Å². The van der Waals surface area contributed by atoms with Gasteiger partial charge in [0.1, 0.15) is 0 Å². The average Bonchev–Trinajstić information content (AvgIpc) is 2.43. The van der Waals surface area contributed by atoms with Crippen LogP contribution in [0.5, 0.6) is 0 Å². The van der Waals surface area contributed by atoms with Gasteiger partial charge in [0.05, 0.1) is 0 Å². The van der Waals surface area contributed by atoms with Crippen LogP contribution in [0.1, 0.15) is 46.7 Å². The molecule has 0 atom stereocenters. The molecule has 0 saturated heterocycles. The van der Waals surface area contributed by atoms with E-state index < -0.39 is 0 Å². The first-order valence-electron chi connectivity index (χ1n) is 7.74. The fraction of sp³-hybridized carbons (Fsp3) is 0.400. The lowest BCUT2D eigenvalue weighted by Gasteiger charge is -2.11. The van der Waals surface area contributed by atoms with E-state index in [2.05, 4.69) is 64.1 Å². The van der Waals surface area contributed by atoms with Gasteiger partial charge < -0.3 is 0 Å². The molecule has 0 aliphatic rings. The first kappa shape index (κ1) is 14.8. The summed E-state index contributed by atoms with van der Waals surface area (Å²) in [6.45, 7) is 8.88. The summed E-state index contributed by atoms with van der Waals surface area (Å²) >= 11 is 0. The summed E-state index contributed by atoms with van der Waals surface area (Å²) in [5.41, 5.74) is 8.65. The molecule has 2 aromatic carbocycles. The Bertz CT molecular complexity index is 561. The molecule has 2 rings (SSSR count). The van der Waals surface area contributed by atoms with Crippen molar-refractivity contribution in [2.75, 3.05) is 0 Å². The smallest absolute Gasteiger partial charge is 0.0235 e. The van der Waals surface area contributed by atoms with E-state index in [0.717, 1.165) is 12.8 Å². The summed E-state index contributed by atoms with van der Waals surface area (Å²) in [5.74, 6) is 0. The van der Waals surface area contributed by atoms with E-state index in [1.54, 1.807) is 0 Å². The highest BCUT2D eigenvalue weighted by molar-refractivity contribution is 5.38. The van der Waals surface area contributed by atoms with Crippen molar-refractivity contribution in [3.8, 4) is 0 Å². The summed E-state index contributed by atoms with van der Waals surface area (Å²) < 4.78 is 0. The highest BCUT2D eigenvalue weighted by Crippen LogP contribution is 2.18. The molecule has 0 bridgehead atoms. The SMILES string of the molecule is CCCc1ccc(CCc2cc(C)cc(C)c2C)cc1. The summed E-state index contributed by atoms with van der Waals surface area (Å²) in [7, 11) is 0. The van der Waals surface area contributed by atoms with Gasteiger partial charge in [-0.25, -0.2) is 0 Å². The molecule has 0 amide bonds. The van der Waals surface area contributed by atoms with Crippen molar-refractivity contribution in [2.24, 2.45) is 0 Å². The van der Waals surface area contributed by atoms with Crippen molar-refractivity contribution in [3.05, 3.63) is 69.8 Å². The predicted molar refractivity (Wildman–Crippen MR) is 88.5 cm³/mol. The van der Waals surface area contributed by atoms with Crippen LogP contribution in [0.2, 0.25) is 0 Å². The molecule has 106 valence electrons. The zero-order chi connectivity index (χ0) is 14.5. The van der Waals surface area contributed by atoms with Gasteiger partial charge in [0.15, 0.2) is 0 Å². The zero-order valence-electron chi connectivity index (χ0n) is 13.3. The molecule has 0 N–H and O–H groups in total. The Morgan fingerprint density at radius 2 is 1.35 bits per heavy atom. The number of hydrogen-bond acceptors (Lipinski definition) is 0. The molecule has 0 aliphatic heterocycles. The molecule has 0 spiro atoms. The van der Waals surface area contributed by atoms with Crippen LogP contribution in [-0.2, 0) is 19.3 Å². The lowest BCUT2D eigenvalue weighted by molar-refractivity contribution is 0.912. The molecule has 0 radical (unpaired) electrons. The van der Waals surface area contributed by atoms with E-state index in [1.165, 1.54) is 46.2 Å². The molecular weight excluding hydrogens is 240 g/mol. The quantitative estimate of drug-likeness (QED) is 0.684. The van der Waals surface area contributed by atoms with Gasteiger partial charge in [-0.3, -0.25) is 0 Å². The second kappa shape index (κ2) is 6.74. The van der Waals surface area contributed by atoms with Crippen molar-refractivity contribution in [1.82, 2.24) is 0 Å². The standard InChI is InChI=1S/C20H26/c1-5-6-18-7-9-19(10-8-18)11-12-20-14-15(2)13-16(3)17(20)4/h7-10,13-14H,5-6,11-12H2,1-4H3. The largest absolute Gasteiger partial charge is 0.0651 e. The summed E-state index contributed by atoms with van der Waals surface area (Å²) in [5, 5.41) is 0. The van der Waals surface area contributed by atoms with E-state index in [4.69, 9.17) is 0 Å². The molecule has 0 aromatic heterocycles. The maximum Gasteiger partial charge on any atom is -0.0235 e. The molecule has 20 heavy (non-hydrogen) atoms. The Balaban J connectivity index is 2.05. The first-order valence-corrected chi connectivity index (χ1v) is 7.74. The topological polar surface area (TPSA) is 0 Å². The van der Waals surface area contributed by atoms with E-state index >= 15 is 0 Å².